The first-order chi connectivity index (χ1) is 8.81. The quantitative estimate of drug-likeness (QED) is 0.677. The minimum atomic E-state index is 0.0832. The Morgan fingerprint density at radius 3 is 2.94 bits per heavy atom. The molecule has 2 rings (SSSR count). The average molecular weight is 269 g/mol. The summed E-state index contributed by atoms with van der Waals surface area (Å²) < 4.78 is 10.2. The van der Waals surface area contributed by atoms with Crippen LogP contribution in [0.4, 0.5) is 0 Å². The van der Waals surface area contributed by atoms with Gasteiger partial charge >= 0.3 is 0 Å². The Bertz CT molecular complexity index is 362. The molecule has 1 heterocycles. The highest BCUT2D eigenvalue weighted by Gasteiger charge is 2.32. The molecule has 18 heavy (non-hydrogen) atoms. The van der Waals surface area contributed by atoms with E-state index in [4.69, 9.17) is 9.47 Å². The zero-order valence-electron chi connectivity index (χ0n) is 10.6. The van der Waals surface area contributed by atoms with Crippen LogP contribution in [0.25, 0.3) is 0 Å². The second-order valence-corrected chi connectivity index (χ2v) is 5.21. The van der Waals surface area contributed by atoms with Gasteiger partial charge in [0, 0.05) is 19.7 Å². The molecule has 0 N–H and O–H groups in total. The summed E-state index contributed by atoms with van der Waals surface area (Å²) in [6, 6.07) is 2.49. The fourth-order valence-electron chi connectivity index (χ4n) is 1.77. The van der Waals surface area contributed by atoms with Gasteiger partial charge < -0.3 is 14.4 Å². The second-order valence-electron chi connectivity index (χ2n) is 4.43. The maximum Gasteiger partial charge on any atom is 0.249 e. The highest BCUT2D eigenvalue weighted by atomic mass is 32.1. The van der Waals surface area contributed by atoms with Crippen LogP contribution in [0.15, 0.2) is 16.8 Å². The summed E-state index contributed by atoms with van der Waals surface area (Å²) >= 11 is 1.66. The third-order valence-electron chi connectivity index (χ3n) is 2.90. The van der Waals surface area contributed by atoms with Crippen LogP contribution in [0.1, 0.15) is 18.4 Å². The molecule has 0 bridgehead atoms. The van der Waals surface area contributed by atoms with E-state index in [0.29, 0.717) is 25.8 Å². The largest absolute Gasteiger partial charge is 0.382 e. The van der Waals surface area contributed by atoms with Gasteiger partial charge in [-0.2, -0.15) is 11.3 Å². The molecule has 1 aromatic heterocycles. The van der Waals surface area contributed by atoms with Gasteiger partial charge in [0.2, 0.25) is 5.91 Å². The number of hydrogen-bond acceptors (Lipinski definition) is 4. The van der Waals surface area contributed by atoms with Gasteiger partial charge in [0.1, 0.15) is 6.61 Å². The first-order valence-corrected chi connectivity index (χ1v) is 7.12. The molecule has 1 aromatic rings. The van der Waals surface area contributed by atoms with Crippen molar-refractivity contribution in [3.8, 4) is 0 Å². The van der Waals surface area contributed by atoms with E-state index >= 15 is 0 Å². The predicted octanol–water partition coefficient (Wildman–Crippen LogP) is 1.90. The predicted molar refractivity (Wildman–Crippen MR) is 70.6 cm³/mol. The highest BCUT2D eigenvalue weighted by Crippen LogP contribution is 2.28. The van der Waals surface area contributed by atoms with Crippen LogP contribution < -0.4 is 0 Å². The summed E-state index contributed by atoms with van der Waals surface area (Å²) in [5.74, 6) is 0.0832. The van der Waals surface area contributed by atoms with Crippen LogP contribution in [0.3, 0.4) is 0 Å². The molecule has 1 aliphatic rings. The Morgan fingerprint density at radius 2 is 2.33 bits per heavy atom. The highest BCUT2D eigenvalue weighted by molar-refractivity contribution is 7.07. The summed E-state index contributed by atoms with van der Waals surface area (Å²) in [7, 11) is 1.62. The molecule has 0 aliphatic heterocycles. The number of amides is 1. The monoisotopic (exact) mass is 269 g/mol. The van der Waals surface area contributed by atoms with Crippen molar-refractivity contribution in [2.24, 2.45) is 0 Å². The Morgan fingerprint density at radius 1 is 1.50 bits per heavy atom. The minimum absolute atomic E-state index is 0.0832. The maximum absolute atomic E-state index is 12.1. The molecule has 5 heteroatoms. The van der Waals surface area contributed by atoms with Crippen molar-refractivity contribution in [2.45, 2.75) is 25.4 Å². The van der Waals surface area contributed by atoms with Gasteiger partial charge in [-0.1, -0.05) is 0 Å². The maximum atomic E-state index is 12.1. The number of rotatable bonds is 8. The zero-order valence-corrected chi connectivity index (χ0v) is 11.4. The zero-order chi connectivity index (χ0) is 12.8. The summed E-state index contributed by atoms with van der Waals surface area (Å²) in [6.07, 6.45) is 2.24. The van der Waals surface area contributed by atoms with E-state index in [9.17, 15) is 4.79 Å². The van der Waals surface area contributed by atoms with Crippen LogP contribution in [-0.4, -0.2) is 43.8 Å². The molecular formula is C13H19NO3S. The van der Waals surface area contributed by atoms with Crippen LogP contribution in [-0.2, 0) is 20.8 Å². The molecule has 0 spiro atoms. The lowest BCUT2D eigenvalue weighted by atomic mass is 10.3. The Kier molecular flexibility index (Phi) is 5.16. The number of carbonyl (C=O) groups excluding carboxylic acids is 1. The molecule has 100 valence electrons. The molecule has 4 nitrogen and oxygen atoms in total. The van der Waals surface area contributed by atoms with E-state index < -0.39 is 0 Å². The lowest BCUT2D eigenvalue weighted by Gasteiger charge is -2.21. The van der Waals surface area contributed by atoms with Gasteiger partial charge in [0.25, 0.3) is 0 Å². The van der Waals surface area contributed by atoms with Gasteiger partial charge in [-0.25, -0.2) is 0 Å². The summed E-state index contributed by atoms with van der Waals surface area (Å²) in [5, 5.41) is 4.13. The van der Waals surface area contributed by atoms with Crippen LogP contribution in [0, 0.1) is 0 Å². The van der Waals surface area contributed by atoms with Crippen molar-refractivity contribution < 1.29 is 14.3 Å². The third-order valence-corrected chi connectivity index (χ3v) is 3.63. The Balaban J connectivity index is 1.79. The van der Waals surface area contributed by atoms with Crippen molar-refractivity contribution in [1.82, 2.24) is 4.90 Å². The van der Waals surface area contributed by atoms with Crippen molar-refractivity contribution in [1.29, 1.82) is 0 Å². The molecule has 0 radical (unpaired) electrons. The van der Waals surface area contributed by atoms with E-state index in [-0.39, 0.29) is 12.5 Å². The molecule has 1 amide bonds. The van der Waals surface area contributed by atoms with Gasteiger partial charge in [-0.15, -0.1) is 0 Å². The first kappa shape index (κ1) is 13.5. The normalized spacial score (nSPS) is 14.7. The number of methoxy groups -OCH3 is 1. The van der Waals surface area contributed by atoms with Crippen LogP contribution in [0.5, 0.6) is 0 Å². The van der Waals surface area contributed by atoms with Gasteiger partial charge in [0.15, 0.2) is 0 Å². The molecule has 1 saturated carbocycles. The first-order valence-electron chi connectivity index (χ1n) is 6.18. The smallest absolute Gasteiger partial charge is 0.249 e. The van der Waals surface area contributed by atoms with Gasteiger partial charge in [-0.3, -0.25) is 4.79 Å². The number of thiophene rings is 1. The summed E-state index contributed by atoms with van der Waals surface area (Å²) in [6.45, 7) is 1.87. The Hall–Kier alpha value is -0.910. The SMILES string of the molecule is COCCOCC(=O)N(Cc1ccsc1)C1CC1. The molecule has 0 atom stereocenters. The third kappa shape index (κ3) is 4.08. The molecule has 0 saturated heterocycles. The van der Waals surface area contributed by atoms with Crippen LogP contribution >= 0.6 is 11.3 Å². The molecule has 0 unspecified atom stereocenters. The number of ether oxygens (including phenoxy) is 2. The van der Waals surface area contributed by atoms with Crippen molar-refractivity contribution in [3.63, 3.8) is 0 Å². The molecular weight excluding hydrogens is 250 g/mol. The summed E-state index contributed by atoms with van der Waals surface area (Å²) in [4.78, 5) is 14.0. The molecule has 1 aliphatic carbocycles. The standard InChI is InChI=1S/C13H19NO3S/c1-16-5-6-17-9-13(15)14(12-2-3-12)8-11-4-7-18-10-11/h4,7,10,12H,2-3,5-6,8-9H2,1H3. The van der Waals surface area contributed by atoms with E-state index in [0.717, 1.165) is 12.8 Å². The fourth-order valence-corrected chi connectivity index (χ4v) is 2.43. The fraction of sp³-hybridized carbons (Fsp3) is 0.615. The topological polar surface area (TPSA) is 38.8 Å². The number of nitrogens with zero attached hydrogens (tertiary/aromatic N) is 1. The van der Waals surface area contributed by atoms with Crippen LogP contribution in [0.2, 0.25) is 0 Å². The minimum Gasteiger partial charge on any atom is -0.382 e. The van der Waals surface area contributed by atoms with E-state index in [1.165, 1.54) is 5.56 Å². The average Bonchev–Trinajstić information content (AvgIpc) is 3.08. The van der Waals surface area contributed by atoms with Crippen molar-refractivity contribution in [2.75, 3.05) is 26.9 Å². The lowest BCUT2D eigenvalue weighted by Crippen LogP contribution is -2.35. The van der Waals surface area contributed by atoms with E-state index in [2.05, 4.69) is 11.4 Å². The van der Waals surface area contributed by atoms with Gasteiger partial charge in [0.05, 0.1) is 13.2 Å². The molecule has 0 aromatic carbocycles. The van der Waals surface area contributed by atoms with E-state index in [1.54, 1.807) is 18.4 Å². The lowest BCUT2D eigenvalue weighted by molar-refractivity contribution is -0.137. The molecule has 1 fully saturated rings. The van der Waals surface area contributed by atoms with Crippen molar-refractivity contribution in [3.05, 3.63) is 22.4 Å². The Labute approximate surface area is 111 Å². The van der Waals surface area contributed by atoms with Gasteiger partial charge in [-0.05, 0) is 35.2 Å². The second kappa shape index (κ2) is 6.87. The van der Waals surface area contributed by atoms with Crippen molar-refractivity contribution >= 4 is 17.2 Å². The summed E-state index contributed by atoms with van der Waals surface area (Å²) in [5.41, 5.74) is 1.21. The van der Waals surface area contributed by atoms with E-state index in [1.807, 2.05) is 10.3 Å². The number of carbonyl (C=O) groups is 1. The number of hydrogen-bond donors (Lipinski definition) is 0.